The van der Waals surface area contributed by atoms with Gasteiger partial charge in [0.1, 0.15) is 0 Å². The SMILES string of the molecule is OC(CNCc1cc(Br)ccc1Cl)c1ccccc1. The van der Waals surface area contributed by atoms with Gasteiger partial charge in [0.15, 0.2) is 0 Å². The molecule has 0 radical (unpaired) electrons. The van der Waals surface area contributed by atoms with Crippen molar-refractivity contribution in [2.24, 2.45) is 0 Å². The molecule has 4 heteroatoms. The van der Waals surface area contributed by atoms with Gasteiger partial charge in [-0.15, -0.1) is 0 Å². The summed E-state index contributed by atoms with van der Waals surface area (Å²) in [6.07, 6.45) is -0.507. The maximum absolute atomic E-state index is 10.0. The molecule has 19 heavy (non-hydrogen) atoms. The Bertz CT molecular complexity index is 533. The van der Waals surface area contributed by atoms with E-state index in [4.69, 9.17) is 11.6 Å². The summed E-state index contributed by atoms with van der Waals surface area (Å²) in [5.41, 5.74) is 1.92. The van der Waals surface area contributed by atoms with Crippen molar-refractivity contribution in [3.8, 4) is 0 Å². The van der Waals surface area contributed by atoms with Crippen molar-refractivity contribution < 1.29 is 5.11 Å². The van der Waals surface area contributed by atoms with Gasteiger partial charge in [0.2, 0.25) is 0 Å². The second-order valence-corrected chi connectivity index (χ2v) is 5.62. The highest BCUT2D eigenvalue weighted by Crippen LogP contribution is 2.21. The van der Waals surface area contributed by atoms with Crippen LogP contribution in [0.5, 0.6) is 0 Å². The summed E-state index contributed by atoms with van der Waals surface area (Å²) in [7, 11) is 0. The van der Waals surface area contributed by atoms with Gasteiger partial charge < -0.3 is 10.4 Å². The Labute approximate surface area is 126 Å². The predicted molar refractivity (Wildman–Crippen MR) is 82.3 cm³/mol. The third-order valence-electron chi connectivity index (χ3n) is 2.85. The van der Waals surface area contributed by atoms with Crippen LogP contribution in [0.3, 0.4) is 0 Å². The molecule has 2 rings (SSSR count). The van der Waals surface area contributed by atoms with E-state index in [2.05, 4.69) is 21.2 Å². The summed E-state index contributed by atoms with van der Waals surface area (Å²) in [4.78, 5) is 0. The maximum atomic E-state index is 10.0. The van der Waals surface area contributed by atoms with Gasteiger partial charge in [-0.05, 0) is 29.3 Å². The Morgan fingerprint density at radius 2 is 1.89 bits per heavy atom. The fraction of sp³-hybridized carbons (Fsp3) is 0.200. The topological polar surface area (TPSA) is 32.3 Å². The van der Waals surface area contributed by atoms with Gasteiger partial charge in [-0.1, -0.05) is 57.9 Å². The van der Waals surface area contributed by atoms with Gasteiger partial charge in [0.25, 0.3) is 0 Å². The van der Waals surface area contributed by atoms with Crippen molar-refractivity contribution in [3.63, 3.8) is 0 Å². The van der Waals surface area contributed by atoms with Gasteiger partial charge in [-0.3, -0.25) is 0 Å². The molecule has 0 heterocycles. The first-order chi connectivity index (χ1) is 9.16. The van der Waals surface area contributed by atoms with Gasteiger partial charge in [0, 0.05) is 22.6 Å². The van der Waals surface area contributed by atoms with E-state index in [1.165, 1.54) is 0 Å². The van der Waals surface area contributed by atoms with E-state index in [1.54, 1.807) is 0 Å². The zero-order chi connectivity index (χ0) is 13.7. The summed E-state index contributed by atoms with van der Waals surface area (Å²) in [5, 5.41) is 14.0. The maximum Gasteiger partial charge on any atom is 0.0914 e. The average molecular weight is 341 g/mol. The Hall–Kier alpha value is -0.870. The molecule has 0 saturated heterocycles. The Morgan fingerprint density at radius 3 is 2.63 bits per heavy atom. The monoisotopic (exact) mass is 339 g/mol. The van der Waals surface area contributed by atoms with Crippen molar-refractivity contribution in [2.75, 3.05) is 6.54 Å². The fourth-order valence-electron chi connectivity index (χ4n) is 1.82. The molecule has 0 aliphatic heterocycles. The third kappa shape index (κ3) is 4.32. The second kappa shape index (κ2) is 7.06. The third-order valence-corrected chi connectivity index (χ3v) is 3.71. The molecule has 2 aromatic rings. The molecule has 0 spiro atoms. The van der Waals surface area contributed by atoms with Crippen LogP contribution in [0, 0.1) is 0 Å². The van der Waals surface area contributed by atoms with Crippen LogP contribution in [0.2, 0.25) is 5.02 Å². The molecule has 1 unspecified atom stereocenters. The summed E-state index contributed by atoms with van der Waals surface area (Å²) in [6, 6.07) is 15.3. The van der Waals surface area contributed by atoms with Crippen molar-refractivity contribution >= 4 is 27.5 Å². The largest absolute Gasteiger partial charge is 0.387 e. The lowest BCUT2D eigenvalue weighted by Gasteiger charge is -2.13. The smallest absolute Gasteiger partial charge is 0.0914 e. The number of hydrogen-bond acceptors (Lipinski definition) is 2. The van der Waals surface area contributed by atoms with E-state index in [-0.39, 0.29) is 0 Å². The number of aliphatic hydroxyl groups excluding tert-OH is 1. The van der Waals surface area contributed by atoms with Gasteiger partial charge in [-0.2, -0.15) is 0 Å². The number of nitrogens with one attached hydrogen (secondary N) is 1. The minimum atomic E-state index is -0.507. The van der Waals surface area contributed by atoms with Crippen LogP contribution in [0.4, 0.5) is 0 Å². The predicted octanol–water partition coefficient (Wildman–Crippen LogP) is 3.93. The molecular weight excluding hydrogens is 326 g/mol. The summed E-state index contributed by atoms with van der Waals surface area (Å²) < 4.78 is 0.998. The molecule has 1 atom stereocenters. The molecule has 2 N–H and O–H groups in total. The molecule has 2 aromatic carbocycles. The quantitative estimate of drug-likeness (QED) is 0.864. The standard InChI is InChI=1S/C15H15BrClNO/c16-13-6-7-14(17)12(8-13)9-18-10-15(19)11-4-2-1-3-5-11/h1-8,15,18-19H,9-10H2. The molecule has 100 valence electrons. The highest BCUT2D eigenvalue weighted by Gasteiger charge is 2.07. The normalized spacial score (nSPS) is 12.4. The Kier molecular flexibility index (Phi) is 5.40. The lowest BCUT2D eigenvalue weighted by atomic mass is 10.1. The number of rotatable bonds is 5. The average Bonchev–Trinajstić information content (AvgIpc) is 2.43. The van der Waals surface area contributed by atoms with Crippen molar-refractivity contribution in [3.05, 3.63) is 69.2 Å². The van der Waals surface area contributed by atoms with E-state index in [0.717, 1.165) is 20.6 Å². The van der Waals surface area contributed by atoms with Crippen LogP contribution < -0.4 is 5.32 Å². The lowest BCUT2D eigenvalue weighted by Crippen LogP contribution is -2.21. The van der Waals surface area contributed by atoms with Crippen LogP contribution in [-0.2, 0) is 6.54 Å². The zero-order valence-electron chi connectivity index (χ0n) is 10.3. The van der Waals surface area contributed by atoms with Crippen molar-refractivity contribution in [1.82, 2.24) is 5.32 Å². The molecule has 0 fully saturated rings. The van der Waals surface area contributed by atoms with Crippen LogP contribution in [-0.4, -0.2) is 11.7 Å². The highest BCUT2D eigenvalue weighted by molar-refractivity contribution is 9.10. The van der Waals surface area contributed by atoms with E-state index in [0.29, 0.717) is 13.1 Å². The van der Waals surface area contributed by atoms with Crippen molar-refractivity contribution in [2.45, 2.75) is 12.6 Å². The Balaban J connectivity index is 1.88. The number of halogens is 2. The van der Waals surface area contributed by atoms with Crippen LogP contribution in [0.1, 0.15) is 17.2 Å². The van der Waals surface area contributed by atoms with Crippen molar-refractivity contribution in [1.29, 1.82) is 0 Å². The molecule has 0 amide bonds. The molecule has 0 aliphatic rings. The first-order valence-corrected chi connectivity index (χ1v) is 7.21. The van der Waals surface area contributed by atoms with E-state index in [1.807, 2.05) is 48.5 Å². The number of benzene rings is 2. The van der Waals surface area contributed by atoms with E-state index in [9.17, 15) is 5.11 Å². The molecule has 2 nitrogen and oxygen atoms in total. The van der Waals surface area contributed by atoms with E-state index >= 15 is 0 Å². The highest BCUT2D eigenvalue weighted by atomic mass is 79.9. The molecular formula is C15H15BrClNO. The molecule has 0 bridgehead atoms. The fourth-order valence-corrected chi connectivity index (χ4v) is 2.41. The molecule has 0 aliphatic carbocycles. The molecule has 0 aromatic heterocycles. The lowest BCUT2D eigenvalue weighted by molar-refractivity contribution is 0.174. The minimum Gasteiger partial charge on any atom is -0.387 e. The van der Waals surface area contributed by atoms with Gasteiger partial charge >= 0.3 is 0 Å². The zero-order valence-corrected chi connectivity index (χ0v) is 12.7. The minimum absolute atomic E-state index is 0.493. The van der Waals surface area contributed by atoms with Gasteiger partial charge in [0.05, 0.1) is 6.10 Å². The summed E-state index contributed by atoms with van der Waals surface area (Å²) in [6.45, 7) is 1.12. The first-order valence-electron chi connectivity index (χ1n) is 6.04. The number of hydrogen-bond donors (Lipinski definition) is 2. The number of aliphatic hydroxyl groups is 1. The summed E-state index contributed by atoms with van der Waals surface area (Å²) >= 11 is 9.52. The summed E-state index contributed by atoms with van der Waals surface area (Å²) in [5.74, 6) is 0. The second-order valence-electron chi connectivity index (χ2n) is 4.29. The van der Waals surface area contributed by atoms with Gasteiger partial charge in [-0.25, -0.2) is 0 Å². The first kappa shape index (κ1) is 14.5. The van der Waals surface area contributed by atoms with Crippen LogP contribution >= 0.6 is 27.5 Å². The molecule has 0 saturated carbocycles. The van der Waals surface area contributed by atoms with Crippen LogP contribution in [0.15, 0.2) is 53.0 Å². The Morgan fingerprint density at radius 1 is 1.16 bits per heavy atom. The van der Waals surface area contributed by atoms with Crippen LogP contribution in [0.25, 0.3) is 0 Å². The van der Waals surface area contributed by atoms with E-state index < -0.39 is 6.10 Å².